The van der Waals surface area contributed by atoms with Crippen molar-refractivity contribution in [3.8, 4) is 28.5 Å². The first-order valence-corrected chi connectivity index (χ1v) is 16.9. The van der Waals surface area contributed by atoms with Crippen molar-refractivity contribution in [2.24, 2.45) is 0 Å². The van der Waals surface area contributed by atoms with Gasteiger partial charge in [0.15, 0.2) is 16.6 Å². The van der Waals surface area contributed by atoms with Crippen LogP contribution in [0.5, 0.6) is 17.2 Å². The molecule has 0 saturated heterocycles. The lowest BCUT2D eigenvalue weighted by molar-refractivity contribution is -0.114. The lowest BCUT2D eigenvalue weighted by Crippen LogP contribution is -2.30. The molecule has 5 aromatic rings. The summed E-state index contributed by atoms with van der Waals surface area (Å²) in [6, 6.07) is 26.2. The van der Waals surface area contributed by atoms with Crippen molar-refractivity contribution < 1.29 is 28.6 Å². The van der Waals surface area contributed by atoms with Crippen LogP contribution >= 0.6 is 34.7 Å². The molecule has 3 amide bonds. The van der Waals surface area contributed by atoms with Crippen molar-refractivity contribution >= 4 is 69.3 Å². The van der Waals surface area contributed by atoms with Crippen LogP contribution in [0.3, 0.4) is 0 Å². The number of ether oxygens (including phenoxy) is 3. The number of nitrogens with zero attached hydrogens (tertiary/aromatic N) is 1. The average molecular weight is 715 g/mol. The van der Waals surface area contributed by atoms with Crippen molar-refractivity contribution in [1.82, 2.24) is 10.3 Å². The van der Waals surface area contributed by atoms with Gasteiger partial charge in [-0.15, -0.1) is 23.1 Å². The summed E-state index contributed by atoms with van der Waals surface area (Å²) in [6.45, 7) is 0. The summed E-state index contributed by atoms with van der Waals surface area (Å²) >= 11 is 8.65. The smallest absolute Gasteiger partial charge is 0.272 e. The maximum absolute atomic E-state index is 13.5. The molecule has 0 aliphatic carbocycles. The molecule has 0 unspecified atom stereocenters. The topological polar surface area (TPSA) is 128 Å². The van der Waals surface area contributed by atoms with Gasteiger partial charge in [-0.05, 0) is 72.3 Å². The maximum Gasteiger partial charge on any atom is 0.272 e. The van der Waals surface area contributed by atoms with Crippen LogP contribution in [-0.2, 0) is 9.59 Å². The number of hydrogen-bond acceptors (Lipinski definition) is 9. The number of benzene rings is 4. The van der Waals surface area contributed by atoms with Crippen LogP contribution in [0.4, 0.5) is 10.8 Å². The number of nitrogens with one attached hydrogen (secondary N) is 3. The van der Waals surface area contributed by atoms with Crippen LogP contribution in [0.1, 0.15) is 15.9 Å². The number of anilines is 2. The summed E-state index contributed by atoms with van der Waals surface area (Å²) in [5.74, 6) is 0.113. The van der Waals surface area contributed by atoms with Gasteiger partial charge in [-0.1, -0.05) is 41.9 Å². The van der Waals surface area contributed by atoms with Crippen molar-refractivity contribution in [3.05, 3.63) is 118 Å². The number of amides is 3. The first-order chi connectivity index (χ1) is 23.8. The number of carbonyl (C=O) groups is 3. The lowest BCUT2D eigenvalue weighted by Gasteiger charge is -2.15. The molecule has 0 saturated carbocycles. The molecule has 3 N–H and O–H groups in total. The molecule has 5 rings (SSSR count). The first kappa shape index (κ1) is 35.0. The Kier molecular flexibility index (Phi) is 11.9. The van der Waals surface area contributed by atoms with E-state index in [2.05, 4.69) is 20.9 Å². The Balaban J connectivity index is 1.25. The highest BCUT2D eigenvalue weighted by molar-refractivity contribution is 8.00. The standard InChI is InChI=1S/C36H31ClN4O6S2/c1-45-30-18-22(19-31(46-2)33(30)47-3)17-28(39-34(43)24-7-5-4-6-8-24)35(44)38-26-13-15-27(16-14-26)48-21-32(42)41-36-40-29(20-49-36)23-9-11-25(37)12-10-23/h4-20H,21H2,1-3H3,(H,38,44)(H,39,43)(H,40,41,42)/b28-17-. The fraction of sp³-hybridized carbons (Fsp3) is 0.111. The second-order valence-electron chi connectivity index (χ2n) is 10.2. The van der Waals surface area contributed by atoms with E-state index in [1.165, 1.54) is 50.5 Å². The summed E-state index contributed by atoms with van der Waals surface area (Å²) in [5.41, 5.74) is 3.04. The van der Waals surface area contributed by atoms with Crippen molar-refractivity contribution in [2.45, 2.75) is 4.90 Å². The van der Waals surface area contributed by atoms with E-state index in [-0.39, 0.29) is 17.4 Å². The van der Waals surface area contributed by atoms with Crippen LogP contribution in [-0.4, -0.2) is 49.8 Å². The molecule has 1 aromatic heterocycles. The number of thioether (sulfide) groups is 1. The van der Waals surface area contributed by atoms with Gasteiger partial charge in [0.05, 0.1) is 32.8 Å². The van der Waals surface area contributed by atoms with Gasteiger partial charge in [0.25, 0.3) is 11.8 Å². The van der Waals surface area contributed by atoms with Gasteiger partial charge < -0.3 is 30.2 Å². The highest BCUT2D eigenvalue weighted by atomic mass is 35.5. The number of methoxy groups -OCH3 is 3. The largest absolute Gasteiger partial charge is 0.493 e. The third-order valence-corrected chi connectivity index (χ3v) is 8.92. The van der Waals surface area contributed by atoms with Crippen LogP contribution < -0.4 is 30.2 Å². The Labute approximate surface area is 296 Å². The van der Waals surface area contributed by atoms with E-state index in [0.717, 1.165) is 16.2 Å². The minimum Gasteiger partial charge on any atom is -0.493 e. The second-order valence-corrected chi connectivity index (χ2v) is 12.5. The van der Waals surface area contributed by atoms with E-state index in [1.54, 1.807) is 78.9 Å². The van der Waals surface area contributed by atoms with Crippen LogP contribution in [0, 0.1) is 0 Å². The van der Waals surface area contributed by atoms with E-state index in [4.69, 9.17) is 25.8 Å². The zero-order valence-electron chi connectivity index (χ0n) is 26.6. The Hall–Kier alpha value is -5.30. The number of thiazole rings is 1. The quantitative estimate of drug-likeness (QED) is 0.0840. The van der Waals surface area contributed by atoms with E-state index in [0.29, 0.717) is 44.2 Å². The minimum atomic E-state index is -0.556. The predicted molar refractivity (Wildman–Crippen MR) is 195 cm³/mol. The second kappa shape index (κ2) is 16.7. The average Bonchev–Trinajstić information content (AvgIpc) is 3.59. The summed E-state index contributed by atoms with van der Waals surface area (Å²) in [6.07, 6.45) is 1.52. The van der Waals surface area contributed by atoms with Gasteiger partial charge in [-0.25, -0.2) is 4.98 Å². The Morgan fingerprint density at radius 3 is 2.16 bits per heavy atom. The first-order valence-electron chi connectivity index (χ1n) is 14.7. The van der Waals surface area contributed by atoms with Gasteiger partial charge in [-0.3, -0.25) is 14.4 Å². The molecule has 0 fully saturated rings. The molecule has 0 radical (unpaired) electrons. The maximum atomic E-state index is 13.5. The molecule has 0 bridgehead atoms. The highest BCUT2D eigenvalue weighted by Gasteiger charge is 2.18. The molecule has 4 aromatic carbocycles. The van der Waals surface area contributed by atoms with Gasteiger partial charge in [0.2, 0.25) is 11.7 Å². The van der Waals surface area contributed by atoms with E-state index < -0.39 is 11.8 Å². The number of hydrogen-bond donors (Lipinski definition) is 3. The Bertz CT molecular complexity index is 1940. The number of carbonyl (C=O) groups excluding carboxylic acids is 3. The molecule has 10 nitrogen and oxygen atoms in total. The summed E-state index contributed by atoms with van der Waals surface area (Å²) in [4.78, 5) is 44.5. The highest BCUT2D eigenvalue weighted by Crippen LogP contribution is 2.38. The number of rotatable bonds is 13. The SMILES string of the molecule is COc1cc(/C=C(\NC(=O)c2ccccc2)C(=O)Nc2ccc(SCC(=O)Nc3nc(-c4ccc(Cl)cc4)cs3)cc2)cc(OC)c1OC. The van der Waals surface area contributed by atoms with E-state index in [9.17, 15) is 14.4 Å². The fourth-order valence-corrected chi connectivity index (χ4v) is 6.08. The monoisotopic (exact) mass is 714 g/mol. The fourth-order valence-electron chi connectivity index (χ4n) is 4.52. The van der Waals surface area contributed by atoms with Crippen molar-refractivity contribution in [1.29, 1.82) is 0 Å². The molecule has 13 heteroatoms. The minimum absolute atomic E-state index is 0.0142. The van der Waals surface area contributed by atoms with Gasteiger partial charge in [0, 0.05) is 32.1 Å². The van der Waals surface area contributed by atoms with Crippen LogP contribution in [0.15, 0.2) is 107 Å². The third kappa shape index (κ3) is 9.41. The van der Waals surface area contributed by atoms with Crippen molar-refractivity contribution in [3.63, 3.8) is 0 Å². The van der Waals surface area contributed by atoms with E-state index >= 15 is 0 Å². The molecule has 0 spiro atoms. The number of aromatic nitrogens is 1. The van der Waals surface area contributed by atoms with Crippen LogP contribution in [0.25, 0.3) is 17.3 Å². The molecular formula is C36H31ClN4O6S2. The van der Waals surface area contributed by atoms with E-state index in [1.807, 2.05) is 17.5 Å². The zero-order chi connectivity index (χ0) is 34.8. The molecule has 250 valence electrons. The zero-order valence-corrected chi connectivity index (χ0v) is 29.0. The Morgan fingerprint density at radius 2 is 1.53 bits per heavy atom. The summed E-state index contributed by atoms with van der Waals surface area (Å²) in [5, 5.41) is 11.4. The normalized spacial score (nSPS) is 11.0. The van der Waals surface area contributed by atoms with Gasteiger partial charge >= 0.3 is 0 Å². The summed E-state index contributed by atoms with van der Waals surface area (Å²) in [7, 11) is 4.47. The number of halogens is 1. The molecule has 1 heterocycles. The summed E-state index contributed by atoms with van der Waals surface area (Å²) < 4.78 is 16.3. The molecule has 0 aliphatic rings. The van der Waals surface area contributed by atoms with Gasteiger partial charge in [0.1, 0.15) is 5.70 Å². The third-order valence-electron chi connectivity index (χ3n) is 6.90. The molecule has 0 atom stereocenters. The molecule has 0 aliphatic heterocycles. The predicted octanol–water partition coefficient (Wildman–Crippen LogP) is 7.63. The van der Waals surface area contributed by atoms with Crippen molar-refractivity contribution in [2.75, 3.05) is 37.7 Å². The van der Waals surface area contributed by atoms with Crippen LogP contribution in [0.2, 0.25) is 5.02 Å². The Morgan fingerprint density at radius 1 is 0.857 bits per heavy atom. The molecule has 49 heavy (non-hydrogen) atoms. The molecular weight excluding hydrogens is 684 g/mol. The van der Waals surface area contributed by atoms with Gasteiger partial charge in [-0.2, -0.15) is 0 Å². The lowest BCUT2D eigenvalue weighted by atomic mass is 10.1.